The topological polar surface area (TPSA) is 46.6 Å². The Hall–Kier alpha value is -1.58. The molecule has 0 bridgehead atoms. The molecule has 0 saturated carbocycles. The van der Waals surface area contributed by atoms with Gasteiger partial charge in [0.05, 0.1) is 5.70 Å². The highest BCUT2D eigenvalue weighted by molar-refractivity contribution is 5.92. The Morgan fingerprint density at radius 3 is 2.64 bits per heavy atom. The molecule has 58 valence electrons. The van der Waals surface area contributed by atoms with E-state index < -0.39 is 5.97 Å². The Kier molecular flexibility index (Phi) is 1.76. The molecule has 1 rings (SSSR count). The van der Waals surface area contributed by atoms with E-state index >= 15 is 0 Å². The van der Waals surface area contributed by atoms with Gasteiger partial charge in [0.15, 0.2) is 0 Å². The van der Waals surface area contributed by atoms with Gasteiger partial charge in [0.25, 0.3) is 5.91 Å². The normalized spacial score (nSPS) is 15.9. The van der Waals surface area contributed by atoms with Gasteiger partial charge in [-0.15, -0.1) is 5.06 Å². The molecule has 1 heterocycles. The molecule has 0 aliphatic carbocycles. The summed E-state index contributed by atoms with van der Waals surface area (Å²) in [6.07, 6.45) is 2.76. The number of amides is 1. The highest BCUT2D eigenvalue weighted by Gasteiger charge is 2.21. The molecule has 0 saturated heterocycles. The van der Waals surface area contributed by atoms with E-state index in [4.69, 9.17) is 0 Å². The minimum atomic E-state index is -0.539. The summed E-state index contributed by atoms with van der Waals surface area (Å²) in [4.78, 5) is 25.7. The zero-order chi connectivity index (χ0) is 8.43. The Balaban J connectivity index is 2.66. The van der Waals surface area contributed by atoms with Crippen LogP contribution in [-0.2, 0) is 14.4 Å². The van der Waals surface area contributed by atoms with Crippen molar-refractivity contribution in [2.45, 2.75) is 6.92 Å². The largest absolute Gasteiger partial charge is 0.333 e. The van der Waals surface area contributed by atoms with Crippen molar-refractivity contribution < 1.29 is 14.4 Å². The summed E-state index contributed by atoms with van der Waals surface area (Å²) in [5.41, 5.74) is 0.366. The molecular weight excluding hydrogens is 146 g/mol. The molecule has 0 atom stereocenters. The number of carbonyl (C=O) groups is 2. The standard InChI is InChI=1S/C7H7NO3/c1-5-3-4-7(10)8(5)11-6(2)9/h3-4H,1H2,2H3. The van der Waals surface area contributed by atoms with Crippen molar-refractivity contribution in [2.75, 3.05) is 0 Å². The van der Waals surface area contributed by atoms with Gasteiger partial charge in [0.1, 0.15) is 0 Å². The number of hydrogen-bond donors (Lipinski definition) is 0. The molecule has 1 aliphatic heterocycles. The third kappa shape index (κ3) is 1.46. The van der Waals surface area contributed by atoms with E-state index in [9.17, 15) is 9.59 Å². The van der Waals surface area contributed by atoms with Crippen LogP contribution >= 0.6 is 0 Å². The van der Waals surface area contributed by atoms with Crippen molar-refractivity contribution in [2.24, 2.45) is 0 Å². The zero-order valence-corrected chi connectivity index (χ0v) is 6.03. The molecule has 1 amide bonds. The van der Waals surface area contributed by atoms with Crippen LogP contribution in [0.15, 0.2) is 24.4 Å². The number of rotatable bonds is 1. The quantitative estimate of drug-likeness (QED) is 0.547. The number of hydrogen-bond acceptors (Lipinski definition) is 3. The van der Waals surface area contributed by atoms with Gasteiger partial charge in [0.2, 0.25) is 0 Å². The van der Waals surface area contributed by atoms with Crippen molar-refractivity contribution in [3.8, 4) is 0 Å². The number of allylic oxidation sites excluding steroid dienone is 1. The van der Waals surface area contributed by atoms with Crippen LogP contribution in [0.25, 0.3) is 0 Å². The smallest absolute Gasteiger partial charge is 0.330 e. The van der Waals surface area contributed by atoms with E-state index in [2.05, 4.69) is 11.4 Å². The van der Waals surface area contributed by atoms with Crippen LogP contribution in [-0.4, -0.2) is 16.9 Å². The fourth-order valence-electron chi connectivity index (χ4n) is 0.677. The highest BCUT2D eigenvalue weighted by Crippen LogP contribution is 2.12. The molecule has 0 radical (unpaired) electrons. The second-order valence-electron chi connectivity index (χ2n) is 2.04. The van der Waals surface area contributed by atoms with Gasteiger partial charge in [-0.1, -0.05) is 6.58 Å². The van der Waals surface area contributed by atoms with Gasteiger partial charge in [-0.3, -0.25) is 4.79 Å². The number of nitrogens with zero attached hydrogens (tertiary/aromatic N) is 1. The molecule has 0 fully saturated rings. The molecule has 0 unspecified atom stereocenters. The maximum Gasteiger partial charge on any atom is 0.330 e. The predicted octanol–water partition coefficient (Wildman–Crippen LogP) is 0.377. The number of hydroxylamine groups is 2. The van der Waals surface area contributed by atoms with Gasteiger partial charge in [-0.05, 0) is 6.08 Å². The monoisotopic (exact) mass is 153 g/mol. The Morgan fingerprint density at radius 2 is 2.27 bits per heavy atom. The maximum atomic E-state index is 10.8. The molecular formula is C7H7NO3. The van der Waals surface area contributed by atoms with E-state index in [1.165, 1.54) is 19.1 Å². The van der Waals surface area contributed by atoms with Crippen LogP contribution in [0.5, 0.6) is 0 Å². The first kappa shape index (κ1) is 7.53. The Morgan fingerprint density at radius 1 is 1.64 bits per heavy atom. The van der Waals surface area contributed by atoms with Crippen molar-refractivity contribution >= 4 is 11.9 Å². The van der Waals surface area contributed by atoms with Crippen LogP contribution < -0.4 is 0 Å². The lowest BCUT2D eigenvalue weighted by molar-refractivity contribution is -0.183. The van der Waals surface area contributed by atoms with Crippen LogP contribution in [0.4, 0.5) is 0 Å². The van der Waals surface area contributed by atoms with Crippen molar-refractivity contribution in [1.82, 2.24) is 5.06 Å². The molecule has 0 spiro atoms. The summed E-state index contributed by atoms with van der Waals surface area (Å²) < 4.78 is 0. The average molecular weight is 153 g/mol. The lowest BCUT2D eigenvalue weighted by Crippen LogP contribution is -2.26. The molecule has 0 aromatic rings. The van der Waals surface area contributed by atoms with Gasteiger partial charge in [-0.2, -0.15) is 0 Å². The summed E-state index contributed by atoms with van der Waals surface area (Å²) in [7, 11) is 0. The molecule has 0 aromatic carbocycles. The summed E-state index contributed by atoms with van der Waals surface area (Å²) in [5, 5.41) is 0.850. The minimum absolute atomic E-state index is 0.366. The van der Waals surface area contributed by atoms with E-state index in [1.54, 1.807) is 0 Å². The van der Waals surface area contributed by atoms with E-state index in [0.29, 0.717) is 5.70 Å². The second-order valence-corrected chi connectivity index (χ2v) is 2.04. The molecule has 4 nitrogen and oxygen atoms in total. The van der Waals surface area contributed by atoms with Gasteiger partial charge in [0, 0.05) is 13.0 Å². The fraction of sp³-hybridized carbons (Fsp3) is 0.143. The summed E-state index contributed by atoms with van der Waals surface area (Å²) in [6, 6.07) is 0. The SMILES string of the molecule is C=C1C=CC(=O)N1OC(C)=O. The lowest BCUT2D eigenvalue weighted by atomic mass is 10.5. The first-order valence-corrected chi connectivity index (χ1v) is 3.01. The van der Waals surface area contributed by atoms with Crippen molar-refractivity contribution in [3.05, 3.63) is 24.4 Å². The highest BCUT2D eigenvalue weighted by atomic mass is 16.7. The van der Waals surface area contributed by atoms with Gasteiger partial charge < -0.3 is 4.84 Å². The Labute approximate surface area is 63.7 Å². The average Bonchev–Trinajstić information content (AvgIpc) is 2.18. The predicted molar refractivity (Wildman–Crippen MR) is 36.9 cm³/mol. The molecule has 0 N–H and O–H groups in total. The van der Waals surface area contributed by atoms with E-state index in [1.807, 2.05) is 0 Å². The first-order chi connectivity index (χ1) is 5.11. The number of carbonyl (C=O) groups excluding carboxylic acids is 2. The van der Waals surface area contributed by atoms with Crippen molar-refractivity contribution in [3.63, 3.8) is 0 Å². The summed E-state index contributed by atoms with van der Waals surface area (Å²) >= 11 is 0. The molecule has 0 aromatic heterocycles. The lowest BCUT2D eigenvalue weighted by Gasteiger charge is -2.13. The van der Waals surface area contributed by atoms with E-state index in [-0.39, 0.29) is 5.91 Å². The third-order valence-electron chi connectivity index (χ3n) is 1.10. The zero-order valence-electron chi connectivity index (χ0n) is 6.03. The minimum Gasteiger partial charge on any atom is -0.333 e. The van der Waals surface area contributed by atoms with Crippen LogP contribution in [0.3, 0.4) is 0 Å². The molecule has 11 heavy (non-hydrogen) atoms. The second kappa shape index (κ2) is 2.57. The van der Waals surface area contributed by atoms with Crippen molar-refractivity contribution in [1.29, 1.82) is 0 Å². The van der Waals surface area contributed by atoms with Gasteiger partial charge >= 0.3 is 5.97 Å². The Bertz CT molecular complexity index is 236. The first-order valence-electron chi connectivity index (χ1n) is 3.01. The molecule has 4 heteroatoms. The fourth-order valence-corrected chi connectivity index (χ4v) is 0.677. The van der Waals surface area contributed by atoms with Crippen LogP contribution in [0.1, 0.15) is 6.92 Å². The third-order valence-corrected chi connectivity index (χ3v) is 1.10. The maximum absolute atomic E-state index is 10.8. The summed E-state index contributed by atoms with van der Waals surface area (Å²) in [6.45, 7) is 4.70. The van der Waals surface area contributed by atoms with E-state index in [0.717, 1.165) is 5.06 Å². The van der Waals surface area contributed by atoms with Gasteiger partial charge in [-0.25, -0.2) is 4.79 Å². The summed E-state index contributed by atoms with van der Waals surface area (Å²) in [5.74, 6) is -0.923. The molecule has 1 aliphatic rings. The van der Waals surface area contributed by atoms with Crippen LogP contribution in [0, 0.1) is 0 Å². The van der Waals surface area contributed by atoms with Crippen LogP contribution in [0.2, 0.25) is 0 Å².